The predicted octanol–water partition coefficient (Wildman–Crippen LogP) is 9.46. The Kier molecular flexibility index (Phi) is 10.6. The number of phenols is 1. The van der Waals surface area contributed by atoms with Gasteiger partial charge >= 0.3 is 11.3 Å². The van der Waals surface area contributed by atoms with Crippen LogP contribution >= 0.6 is 34.5 Å². The van der Waals surface area contributed by atoms with Crippen molar-refractivity contribution < 1.29 is 28.5 Å². The molecule has 0 saturated carbocycles. The molecular formula is C37H25Cl2N3O10S. The fourth-order valence-corrected chi connectivity index (χ4v) is 6.46. The van der Waals surface area contributed by atoms with Gasteiger partial charge in [-0.1, -0.05) is 58.8 Å². The number of thiazole rings is 1. The summed E-state index contributed by atoms with van der Waals surface area (Å²) in [4.78, 5) is 49.8. The minimum atomic E-state index is -0.548. The lowest BCUT2D eigenvalue weighted by molar-refractivity contribution is -0.385. The molecule has 0 spiro atoms. The Morgan fingerprint density at radius 2 is 1.28 bits per heavy atom. The van der Waals surface area contributed by atoms with Gasteiger partial charge in [0.15, 0.2) is 5.75 Å². The number of non-ortho nitro benzene ring substituents is 2. The van der Waals surface area contributed by atoms with Gasteiger partial charge in [0.1, 0.15) is 16.9 Å². The number of phenolic OH excluding ortho intramolecular Hbond substituents is 1. The van der Waals surface area contributed by atoms with Gasteiger partial charge in [0.05, 0.1) is 19.9 Å². The Morgan fingerprint density at radius 1 is 0.774 bits per heavy atom. The molecule has 0 radical (unpaired) electrons. The third-order valence-electron chi connectivity index (χ3n) is 8.31. The number of nitrogens with zero attached hydrogens (tertiary/aromatic N) is 3. The molecule has 4 aromatic carbocycles. The second-order valence-electron chi connectivity index (χ2n) is 11.7. The normalized spacial score (nSPS) is 10.9. The Hall–Kier alpha value is -6.09. The van der Waals surface area contributed by atoms with Crippen molar-refractivity contribution in [2.24, 2.45) is 0 Å². The van der Waals surface area contributed by atoms with Crippen LogP contribution < -0.4 is 16.0 Å². The van der Waals surface area contributed by atoms with Gasteiger partial charge in [0.2, 0.25) is 0 Å². The van der Waals surface area contributed by atoms with Crippen LogP contribution in [-0.4, -0.2) is 19.9 Å². The summed E-state index contributed by atoms with van der Waals surface area (Å²) in [6.45, 7) is 3.54. The molecule has 53 heavy (non-hydrogen) atoms. The van der Waals surface area contributed by atoms with Gasteiger partial charge in [-0.2, -0.15) is 0 Å². The molecule has 3 heterocycles. The van der Waals surface area contributed by atoms with E-state index in [1.165, 1.54) is 47.7 Å². The third-order valence-corrected chi connectivity index (χ3v) is 9.55. The topological polar surface area (TPSA) is 189 Å². The van der Waals surface area contributed by atoms with Crippen molar-refractivity contribution in [3.63, 3.8) is 0 Å². The van der Waals surface area contributed by atoms with E-state index >= 15 is 0 Å². The number of nitro benzene ring substituents is 2. The quantitative estimate of drug-likeness (QED) is 0.0879. The molecule has 0 unspecified atom stereocenters. The zero-order valence-corrected chi connectivity index (χ0v) is 30.0. The van der Waals surface area contributed by atoms with Gasteiger partial charge in [0.25, 0.3) is 16.6 Å². The highest BCUT2D eigenvalue weighted by Gasteiger charge is 2.18. The van der Waals surface area contributed by atoms with Gasteiger partial charge < -0.3 is 18.7 Å². The van der Waals surface area contributed by atoms with E-state index in [-0.39, 0.29) is 40.6 Å². The smallest absolute Gasteiger partial charge is 0.340 e. The van der Waals surface area contributed by atoms with E-state index < -0.39 is 21.1 Å². The van der Waals surface area contributed by atoms with Crippen molar-refractivity contribution in [1.82, 2.24) is 4.98 Å². The minimum Gasteiger partial charge on any atom is -0.506 e. The second kappa shape index (κ2) is 15.3. The molecule has 1 N–H and O–H groups in total. The summed E-state index contributed by atoms with van der Waals surface area (Å²) < 4.78 is 16.4. The van der Waals surface area contributed by atoms with Crippen LogP contribution in [0.2, 0.25) is 10.0 Å². The molecule has 0 bridgehead atoms. The van der Waals surface area contributed by atoms with E-state index in [0.717, 1.165) is 0 Å². The first kappa shape index (κ1) is 36.7. The summed E-state index contributed by atoms with van der Waals surface area (Å²) in [5, 5.41) is 35.5. The summed E-state index contributed by atoms with van der Waals surface area (Å²) in [6.07, 6.45) is 2.02. The molecule has 3 aromatic heterocycles. The Bertz CT molecular complexity index is 2680. The van der Waals surface area contributed by atoms with E-state index in [1.54, 1.807) is 61.8 Å². The molecule has 0 atom stereocenters. The van der Waals surface area contributed by atoms with E-state index in [9.17, 15) is 34.9 Å². The van der Waals surface area contributed by atoms with Crippen molar-refractivity contribution in [1.29, 1.82) is 0 Å². The van der Waals surface area contributed by atoms with Crippen LogP contribution in [0.3, 0.4) is 0 Å². The molecule has 0 aliphatic heterocycles. The van der Waals surface area contributed by atoms with E-state index in [2.05, 4.69) is 4.98 Å². The van der Waals surface area contributed by atoms with Gasteiger partial charge in [0, 0.05) is 82.7 Å². The third kappa shape index (κ3) is 8.04. The molecule has 0 amide bonds. The summed E-state index contributed by atoms with van der Waals surface area (Å²) in [7, 11) is 0. The van der Waals surface area contributed by atoms with Crippen molar-refractivity contribution in [3.05, 3.63) is 169 Å². The fraction of sp³-hybridized carbons (Fsp3) is 0.108. The van der Waals surface area contributed by atoms with Gasteiger partial charge in [-0.15, -0.1) is 0 Å². The van der Waals surface area contributed by atoms with Crippen LogP contribution in [0.15, 0.2) is 103 Å². The number of nitro groups is 2. The lowest BCUT2D eigenvalue weighted by Gasteiger charge is -2.10. The SMILES string of the molecule is Cc1c(Cc2cccc([N+](=O)[O-])c2)c(=O)oc2cc(O)c(Cl)cc12.Cc1c(Cc2cccc([N+](=O)[O-])c2)c(=O)oc2cc(Oc3nccs3)c(Cl)cc12. The van der Waals surface area contributed by atoms with Crippen molar-refractivity contribution in [3.8, 4) is 16.7 Å². The van der Waals surface area contributed by atoms with Crippen LogP contribution in [0.4, 0.5) is 11.4 Å². The lowest BCUT2D eigenvalue weighted by Crippen LogP contribution is -2.11. The summed E-state index contributed by atoms with van der Waals surface area (Å²) in [6, 6.07) is 18.3. The average molecular weight is 775 g/mol. The summed E-state index contributed by atoms with van der Waals surface area (Å²) in [5.41, 5.74) is 2.89. The average Bonchev–Trinajstić information content (AvgIpc) is 3.64. The maximum atomic E-state index is 12.6. The number of benzene rings is 4. The highest BCUT2D eigenvalue weighted by Crippen LogP contribution is 2.36. The number of halogens is 2. The maximum Gasteiger partial charge on any atom is 0.340 e. The second-order valence-corrected chi connectivity index (χ2v) is 13.3. The van der Waals surface area contributed by atoms with E-state index in [1.807, 2.05) is 0 Å². The molecule has 16 heteroatoms. The minimum absolute atomic E-state index is 0.0302. The number of ether oxygens (including phenoxy) is 1. The first-order valence-electron chi connectivity index (χ1n) is 15.5. The largest absolute Gasteiger partial charge is 0.506 e. The van der Waals surface area contributed by atoms with Crippen LogP contribution in [0, 0.1) is 34.1 Å². The molecule has 268 valence electrons. The first-order chi connectivity index (χ1) is 25.3. The number of fused-ring (bicyclic) bond motifs is 2. The molecule has 0 aliphatic rings. The fourth-order valence-electron chi connectivity index (χ4n) is 5.60. The van der Waals surface area contributed by atoms with Crippen molar-refractivity contribution >= 4 is 67.9 Å². The molecule has 13 nitrogen and oxygen atoms in total. The van der Waals surface area contributed by atoms with Crippen molar-refractivity contribution in [2.45, 2.75) is 26.7 Å². The van der Waals surface area contributed by atoms with Crippen LogP contribution in [-0.2, 0) is 12.8 Å². The zero-order valence-electron chi connectivity index (χ0n) is 27.6. The number of rotatable bonds is 8. The molecule has 7 aromatic rings. The molecule has 0 fully saturated rings. The Labute approximate surface area is 312 Å². The zero-order chi connectivity index (χ0) is 38.0. The standard InChI is InChI=1S/C20H13ClN2O5S.C17H12ClNO5/c1-11-14-9-16(21)18(28-20-22-5-6-29-20)10-17(14)27-19(24)15(11)8-12-3-2-4-13(7-12)23(25)26;1-9-12-7-14(18)15(20)8-16(12)24-17(21)13(9)6-10-3-2-4-11(5-10)19(22)23/h2-7,9-10H,8H2,1H3;2-5,7-8,20H,6H2,1H3. The number of aryl methyl sites for hydroxylation is 2. The highest BCUT2D eigenvalue weighted by molar-refractivity contribution is 7.11. The van der Waals surface area contributed by atoms with Crippen molar-refractivity contribution in [2.75, 3.05) is 0 Å². The summed E-state index contributed by atoms with van der Waals surface area (Å²) in [5.74, 6) is 0.168. The molecule has 7 rings (SSSR count). The Balaban J connectivity index is 0.000000185. The van der Waals surface area contributed by atoms with E-state index in [4.69, 9.17) is 36.8 Å². The number of aromatic nitrogens is 1. The first-order valence-corrected chi connectivity index (χ1v) is 17.2. The number of aromatic hydroxyl groups is 1. The van der Waals surface area contributed by atoms with Gasteiger partial charge in [-0.25, -0.2) is 14.6 Å². The lowest BCUT2D eigenvalue weighted by atomic mass is 9.99. The van der Waals surface area contributed by atoms with Gasteiger partial charge in [-0.05, 0) is 48.2 Å². The van der Waals surface area contributed by atoms with Gasteiger partial charge in [-0.3, -0.25) is 20.2 Å². The monoisotopic (exact) mass is 773 g/mol. The molecule has 0 saturated heterocycles. The predicted molar refractivity (Wildman–Crippen MR) is 200 cm³/mol. The Morgan fingerprint density at radius 3 is 1.77 bits per heavy atom. The molecular weight excluding hydrogens is 749 g/mol. The highest BCUT2D eigenvalue weighted by atomic mass is 35.5. The number of hydrogen-bond acceptors (Lipinski definition) is 12. The van der Waals surface area contributed by atoms with Crippen LogP contribution in [0.1, 0.15) is 33.4 Å². The summed E-state index contributed by atoms with van der Waals surface area (Å²) >= 11 is 13.6. The number of hydrogen-bond donors (Lipinski definition) is 1. The van der Waals surface area contributed by atoms with Crippen LogP contribution in [0.5, 0.6) is 16.7 Å². The molecule has 0 aliphatic carbocycles. The maximum absolute atomic E-state index is 12.6. The van der Waals surface area contributed by atoms with Crippen LogP contribution in [0.25, 0.3) is 21.9 Å². The van der Waals surface area contributed by atoms with E-state index in [0.29, 0.717) is 65.7 Å².